The average molecular weight is 269 g/mol. The van der Waals surface area contributed by atoms with Gasteiger partial charge in [0, 0.05) is 6.42 Å². The molecule has 5 nitrogen and oxygen atoms in total. The van der Waals surface area contributed by atoms with Gasteiger partial charge < -0.3 is 4.84 Å². The Balaban J connectivity index is 2.06. The van der Waals surface area contributed by atoms with Crippen LogP contribution in [0.5, 0.6) is 0 Å². The highest BCUT2D eigenvalue weighted by molar-refractivity contribution is 6.20. The molecular weight excluding hydrogens is 260 g/mol. The zero-order valence-electron chi connectivity index (χ0n) is 9.64. The Kier molecular flexibility index (Phi) is 3.55. The van der Waals surface area contributed by atoms with Crippen LogP contribution < -0.4 is 0 Å². The first-order valence-corrected chi connectivity index (χ1v) is 5.47. The van der Waals surface area contributed by atoms with Crippen molar-refractivity contribution in [3.63, 3.8) is 0 Å². The minimum absolute atomic E-state index is 0.120. The number of hydrogen-bond acceptors (Lipinski definition) is 4. The molecule has 2 amide bonds. The molecule has 0 unspecified atom stereocenters. The highest BCUT2D eigenvalue weighted by Crippen LogP contribution is 2.23. The first-order valence-electron chi connectivity index (χ1n) is 5.47. The molecule has 2 rings (SSSR count). The molecule has 0 atom stereocenters. The van der Waals surface area contributed by atoms with Gasteiger partial charge in [-0.25, -0.2) is 13.6 Å². The molecule has 0 fully saturated rings. The lowest BCUT2D eigenvalue weighted by Gasteiger charge is -2.12. The van der Waals surface area contributed by atoms with Gasteiger partial charge in [0.15, 0.2) is 0 Å². The van der Waals surface area contributed by atoms with Crippen molar-refractivity contribution in [2.24, 2.45) is 0 Å². The number of nitrogens with zero attached hydrogens (tertiary/aromatic N) is 1. The maximum Gasteiger partial charge on any atom is 0.333 e. The molecular formula is C12H9F2NO4. The van der Waals surface area contributed by atoms with E-state index in [1.165, 1.54) is 12.1 Å². The summed E-state index contributed by atoms with van der Waals surface area (Å²) in [5.74, 6) is -2.59. The molecule has 0 bridgehead atoms. The minimum atomic E-state index is -2.64. The molecule has 7 heteroatoms. The van der Waals surface area contributed by atoms with Crippen molar-refractivity contribution in [1.82, 2.24) is 5.06 Å². The first-order chi connectivity index (χ1) is 9.00. The van der Waals surface area contributed by atoms with Crippen LogP contribution in [0.15, 0.2) is 24.3 Å². The maximum absolute atomic E-state index is 11.9. The molecule has 0 N–H and O–H groups in total. The van der Waals surface area contributed by atoms with Crippen LogP contribution in [0.2, 0.25) is 0 Å². The molecule has 0 saturated carbocycles. The normalized spacial score (nSPS) is 13.9. The number of imide groups is 1. The quantitative estimate of drug-likeness (QED) is 0.782. The summed E-state index contributed by atoms with van der Waals surface area (Å²) in [5.41, 5.74) is 0.239. The number of halogens is 2. The van der Waals surface area contributed by atoms with Gasteiger partial charge in [-0.15, -0.1) is 0 Å². The number of carbonyl (C=O) groups excluding carboxylic acids is 3. The molecule has 0 aromatic heterocycles. The van der Waals surface area contributed by atoms with Crippen LogP contribution in [0.4, 0.5) is 8.78 Å². The van der Waals surface area contributed by atoms with E-state index in [0.717, 1.165) is 0 Å². The largest absolute Gasteiger partial charge is 0.333 e. The number of fused-ring (bicyclic) bond motifs is 1. The third kappa shape index (κ3) is 2.59. The number of alkyl halides is 2. The minimum Gasteiger partial charge on any atom is -0.330 e. The number of amides is 2. The number of hydroxylamine groups is 2. The van der Waals surface area contributed by atoms with Gasteiger partial charge in [0.25, 0.3) is 11.8 Å². The monoisotopic (exact) mass is 269 g/mol. The second kappa shape index (κ2) is 5.13. The van der Waals surface area contributed by atoms with E-state index in [0.29, 0.717) is 5.06 Å². The Hall–Kier alpha value is -2.31. The van der Waals surface area contributed by atoms with Gasteiger partial charge >= 0.3 is 5.97 Å². The summed E-state index contributed by atoms with van der Waals surface area (Å²) in [7, 11) is 0. The summed E-state index contributed by atoms with van der Waals surface area (Å²) in [6.07, 6.45) is -3.89. The SMILES string of the molecule is O=C(CCC(F)F)ON1C(=O)c2ccccc2C1=O. The second-order valence-electron chi connectivity index (χ2n) is 3.84. The molecule has 0 aliphatic carbocycles. The molecule has 1 aliphatic rings. The summed E-state index contributed by atoms with van der Waals surface area (Å²) in [6, 6.07) is 5.96. The van der Waals surface area contributed by atoms with E-state index >= 15 is 0 Å². The van der Waals surface area contributed by atoms with Crippen LogP contribution >= 0.6 is 0 Å². The van der Waals surface area contributed by atoms with Gasteiger partial charge in [0.05, 0.1) is 17.5 Å². The van der Waals surface area contributed by atoms with Crippen LogP contribution in [0.1, 0.15) is 33.6 Å². The Morgan fingerprint density at radius 2 is 1.68 bits per heavy atom. The van der Waals surface area contributed by atoms with Gasteiger partial charge in [-0.2, -0.15) is 0 Å². The van der Waals surface area contributed by atoms with Gasteiger partial charge in [0.2, 0.25) is 6.43 Å². The summed E-state index contributed by atoms with van der Waals surface area (Å²) >= 11 is 0. The van der Waals surface area contributed by atoms with E-state index < -0.39 is 37.1 Å². The molecule has 0 saturated heterocycles. The standard InChI is InChI=1S/C12H9F2NO4/c13-9(14)5-6-10(16)19-15-11(17)7-3-1-2-4-8(7)12(15)18/h1-4,9H,5-6H2. The predicted molar refractivity (Wildman–Crippen MR) is 58.3 cm³/mol. The maximum atomic E-state index is 11.9. The van der Waals surface area contributed by atoms with Crippen LogP contribution in [-0.4, -0.2) is 29.3 Å². The zero-order valence-corrected chi connectivity index (χ0v) is 9.64. The average Bonchev–Trinajstić information content (AvgIpc) is 2.62. The molecule has 1 aromatic carbocycles. The first kappa shape index (κ1) is 13.1. The lowest BCUT2D eigenvalue weighted by Crippen LogP contribution is -2.32. The molecule has 0 radical (unpaired) electrons. The predicted octanol–water partition coefficient (Wildman–Crippen LogP) is 1.79. The van der Waals surface area contributed by atoms with Crippen molar-refractivity contribution in [2.75, 3.05) is 0 Å². The van der Waals surface area contributed by atoms with Crippen LogP contribution in [0, 0.1) is 0 Å². The number of hydrogen-bond donors (Lipinski definition) is 0. The summed E-state index contributed by atoms with van der Waals surface area (Å²) in [6.45, 7) is 0. The molecule has 1 aromatic rings. The van der Waals surface area contributed by atoms with Crippen LogP contribution in [-0.2, 0) is 9.63 Å². The summed E-state index contributed by atoms with van der Waals surface area (Å²) < 4.78 is 23.8. The van der Waals surface area contributed by atoms with Gasteiger partial charge in [-0.05, 0) is 12.1 Å². The Labute approximate surface area is 106 Å². The molecule has 1 heterocycles. The van der Waals surface area contributed by atoms with Gasteiger partial charge in [0.1, 0.15) is 0 Å². The van der Waals surface area contributed by atoms with Crippen LogP contribution in [0.3, 0.4) is 0 Å². The molecule has 100 valence electrons. The van der Waals surface area contributed by atoms with Crippen molar-refractivity contribution < 1.29 is 28.0 Å². The second-order valence-corrected chi connectivity index (χ2v) is 3.84. The van der Waals surface area contributed by atoms with Gasteiger partial charge in [-0.3, -0.25) is 9.59 Å². The van der Waals surface area contributed by atoms with Crippen molar-refractivity contribution in [1.29, 1.82) is 0 Å². The Bertz CT molecular complexity index is 509. The third-order valence-corrected chi connectivity index (χ3v) is 2.52. The smallest absolute Gasteiger partial charge is 0.330 e. The third-order valence-electron chi connectivity index (χ3n) is 2.52. The molecule has 19 heavy (non-hydrogen) atoms. The van der Waals surface area contributed by atoms with Crippen molar-refractivity contribution in [3.8, 4) is 0 Å². The fourth-order valence-corrected chi connectivity index (χ4v) is 1.62. The lowest BCUT2D eigenvalue weighted by molar-refractivity contribution is -0.169. The van der Waals surface area contributed by atoms with E-state index in [1.807, 2.05) is 0 Å². The fraction of sp³-hybridized carbons (Fsp3) is 0.250. The number of carbonyl (C=O) groups is 3. The summed E-state index contributed by atoms with van der Waals surface area (Å²) in [5, 5.41) is 0.304. The van der Waals surface area contributed by atoms with Crippen molar-refractivity contribution >= 4 is 17.8 Å². The topological polar surface area (TPSA) is 63.7 Å². The van der Waals surface area contributed by atoms with E-state index in [4.69, 9.17) is 0 Å². The Morgan fingerprint density at radius 1 is 1.16 bits per heavy atom. The Morgan fingerprint density at radius 3 is 2.16 bits per heavy atom. The highest BCUT2D eigenvalue weighted by Gasteiger charge is 2.38. The highest BCUT2D eigenvalue weighted by atomic mass is 19.3. The van der Waals surface area contributed by atoms with Crippen LogP contribution in [0.25, 0.3) is 0 Å². The van der Waals surface area contributed by atoms with E-state index in [2.05, 4.69) is 4.84 Å². The molecule has 0 spiro atoms. The fourth-order valence-electron chi connectivity index (χ4n) is 1.62. The number of benzene rings is 1. The van der Waals surface area contributed by atoms with Gasteiger partial charge in [-0.1, -0.05) is 17.2 Å². The molecule has 1 aliphatic heterocycles. The zero-order chi connectivity index (χ0) is 14.0. The van der Waals surface area contributed by atoms with E-state index in [1.54, 1.807) is 12.1 Å². The van der Waals surface area contributed by atoms with E-state index in [9.17, 15) is 23.2 Å². The van der Waals surface area contributed by atoms with Crippen molar-refractivity contribution in [3.05, 3.63) is 35.4 Å². The lowest BCUT2D eigenvalue weighted by atomic mass is 10.1. The number of rotatable bonds is 4. The summed E-state index contributed by atoms with van der Waals surface area (Å²) in [4.78, 5) is 39.3. The van der Waals surface area contributed by atoms with E-state index in [-0.39, 0.29) is 11.1 Å². The van der Waals surface area contributed by atoms with Crippen molar-refractivity contribution in [2.45, 2.75) is 19.3 Å².